The molecule has 0 saturated carbocycles. The molecule has 0 bridgehead atoms. The molecule has 0 aliphatic carbocycles. The topological polar surface area (TPSA) is 61.4 Å². The van der Waals surface area contributed by atoms with Gasteiger partial charge in [0.05, 0.1) is 6.04 Å². The highest BCUT2D eigenvalue weighted by molar-refractivity contribution is 5.89. The van der Waals surface area contributed by atoms with Gasteiger partial charge in [0.15, 0.2) is 0 Å². The van der Waals surface area contributed by atoms with Gasteiger partial charge in [-0.05, 0) is 35.6 Å². The van der Waals surface area contributed by atoms with Crippen LogP contribution in [0.5, 0.6) is 0 Å². The van der Waals surface area contributed by atoms with Crippen LogP contribution < -0.4 is 10.6 Å². The summed E-state index contributed by atoms with van der Waals surface area (Å²) in [6.45, 7) is 5.58. The SMILES string of the molecule is CC(C)[C@H](NC(=O)Nc1cccc(CN2CCCC2=O)c1)c1ccccc1. The van der Waals surface area contributed by atoms with E-state index in [4.69, 9.17) is 0 Å². The van der Waals surface area contributed by atoms with Crippen LogP contribution in [0.2, 0.25) is 0 Å². The first-order valence-corrected chi connectivity index (χ1v) is 9.52. The summed E-state index contributed by atoms with van der Waals surface area (Å²) < 4.78 is 0. The molecule has 1 atom stereocenters. The Hall–Kier alpha value is -2.82. The minimum atomic E-state index is -0.230. The molecule has 1 heterocycles. The van der Waals surface area contributed by atoms with Crippen molar-refractivity contribution >= 4 is 17.6 Å². The molecular formula is C22H27N3O2. The van der Waals surface area contributed by atoms with Crippen molar-refractivity contribution in [3.63, 3.8) is 0 Å². The molecule has 5 heteroatoms. The van der Waals surface area contributed by atoms with E-state index in [-0.39, 0.29) is 23.9 Å². The second-order valence-corrected chi connectivity index (χ2v) is 7.35. The van der Waals surface area contributed by atoms with Gasteiger partial charge in [-0.3, -0.25) is 4.79 Å². The number of nitrogens with one attached hydrogen (secondary N) is 2. The maximum absolute atomic E-state index is 12.5. The Labute approximate surface area is 160 Å². The van der Waals surface area contributed by atoms with Crippen molar-refractivity contribution in [1.82, 2.24) is 10.2 Å². The number of likely N-dealkylation sites (tertiary alicyclic amines) is 1. The van der Waals surface area contributed by atoms with Crippen LogP contribution in [0.3, 0.4) is 0 Å². The Balaban J connectivity index is 1.63. The second-order valence-electron chi connectivity index (χ2n) is 7.35. The fourth-order valence-electron chi connectivity index (χ4n) is 3.44. The average molecular weight is 365 g/mol. The molecular weight excluding hydrogens is 338 g/mol. The van der Waals surface area contributed by atoms with Crippen LogP contribution in [0.4, 0.5) is 10.5 Å². The largest absolute Gasteiger partial charge is 0.338 e. The zero-order valence-corrected chi connectivity index (χ0v) is 15.9. The van der Waals surface area contributed by atoms with Gasteiger partial charge >= 0.3 is 6.03 Å². The maximum atomic E-state index is 12.5. The van der Waals surface area contributed by atoms with Gasteiger partial charge in [-0.1, -0.05) is 56.3 Å². The van der Waals surface area contributed by atoms with E-state index in [2.05, 4.69) is 24.5 Å². The van der Waals surface area contributed by atoms with E-state index in [0.717, 1.165) is 29.8 Å². The first-order valence-electron chi connectivity index (χ1n) is 9.52. The number of carbonyl (C=O) groups is 2. The van der Waals surface area contributed by atoms with Crippen molar-refractivity contribution in [2.75, 3.05) is 11.9 Å². The smallest absolute Gasteiger partial charge is 0.319 e. The molecule has 3 rings (SSSR count). The third-order valence-corrected chi connectivity index (χ3v) is 4.84. The summed E-state index contributed by atoms with van der Waals surface area (Å²) >= 11 is 0. The van der Waals surface area contributed by atoms with E-state index in [1.165, 1.54) is 0 Å². The third kappa shape index (κ3) is 5.09. The molecule has 2 N–H and O–H groups in total. The molecule has 0 spiro atoms. The lowest BCUT2D eigenvalue weighted by Crippen LogP contribution is -2.35. The van der Waals surface area contributed by atoms with Gasteiger partial charge in [0.25, 0.3) is 0 Å². The summed E-state index contributed by atoms with van der Waals surface area (Å²) in [7, 11) is 0. The van der Waals surface area contributed by atoms with Gasteiger partial charge in [0.1, 0.15) is 0 Å². The molecule has 2 aromatic rings. The lowest BCUT2D eigenvalue weighted by molar-refractivity contribution is -0.128. The number of rotatable bonds is 6. The lowest BCUT2D eigenvalue weighted by atomic mass is 9.96. The standard InChI is InChI=1S/C22H27N3O2/c1-16(2)21(18-9-4-3-5-10-18)24-22(27)23-19-11-6-8-17(14-19)15-25-13-7-12-20(25)26/h3-6,8-11,14,16,21H,7,12-13,15H2,1-2H3,(H2,23,24,27)/t21-/m0/s1. The maximum Gasteiger partial charge on any atom is 0.319 e. The quantitative estimate of drug-likeness (QED) is 0.800. The first kappa shape index (κ1) is 19.0. The fourth-order valence-corrected chi connectivity index (χ4v) is 3.44. The lowest BCUT2D eigenvalue weighted by Gasteiger charge is -2.23. The van der Waals surface area contributed by atoms with E-state index in [1.807, 2.05) is 59.5 Å². The molecule has 27 heavy (non-hydrogen) atoms. The van der Waals surface area contributed by atoms with Crippen LogP contribution in [0, 0.1) is 5.92 Å². The van der Waals surface area contributed by atoms with Crippen LogP contribution in [0.1, 0.15) is 43.9 Å². The van der Waals surface area contributed by atoms with E-state index in [9.17, 15) is 9.59 Å². The van der Waals surface area contributed by atoms with Crippen LogP contribution in [0.15, 0.2) is 54.6 Å². The minimum absolute atomic E-state index is 0.0587. The number of urea groups is 1. The first-order chi connectivity index (χ1) is 13.0. The molecule has 1 fully saturated rings. The number of nitrogens with zero attached hydrogens (tertiary/aromatic N) is 1. The molecule has 0 unspecified atom stereocenters. The second kappa shape index (κ2) is 8.71. The van der Waals surface area contributed by atoms with Gasteiger partial charge in [-0.25, -0.2) is 4.79 Å². The summed E-state index contributed by atoms with van der Waals surface area (Å²) in [6, 6.07) is 17.4. The Kier molecular flexibility index (Phi) is 6.12. The molecule has 0 radical (unpaired) electrons. The Bertz CT molecular complexity index is 789. The monoisotopic (exact) mass is 365 g/mol. The Morgan fingerprint density at radius 2 is 1.89 bits per heavy atom. The predicted molar refractivity (Wildman–Crippen MR) is 107 cm³/mol. The van der Waals surface area contributed by atoms with Crippen molar-refractivity contribution in [3.05, 3.63) is 65.7 Å². The van der Waals surface area contributed by atoms with Crippen molar-refractivity contribution in [3.8, 4) is 0 Å². The van der Waals surface area contributed by atoms with E-state index in [0.29, 0.717) is 13.0 Å². The van der Waals surface area contributed by atoms with E-state index in [1.54, 1.807) is 0 Å². The Morgan fingerprint density at radius 1 is 1.11 bits per heavy atom. The van der Waals surface area contributed by atoms with E-state index >= 15 is 0 Å². The number of carbonyl (C=O) groups excluding carboxylic acids is 2. The van der Waals surface area contributed by atoms with Gasteiger partial charge in [0, 0.05) is 25.2 Å². The summed E-state index contributed by atoms with van der Waals surface area (Å²) in [6.07, 6.45) is 1.56. The highest BCUT2D eigenvalue weighted by Crippen LogP contribution is 2.22. The van der Waals surface area contributed by atoms with Gasteiger partial charge in [-0.2, -0.15) is 0 Å². The van der Waals surface area contributed by atoms with Crippen LogP contribution in [0.25, 0.3) is 0 Å². The Morgan fingerprint density at radius 3 is 2.56 bits per heavy atom. The van der Waals surface area contributed by atoms with Crippen LogP contribution >= 0.6 is 0 Å². The number of hydrogen-bond donors (Lipinski definition) is 2. The van der Waals surface area contributed by atoms with Crippen LogP contribution in [-0.2, 0) is 11.3 Å². The molecule has 1 saturated heterocycles. The zero-order chi connectivity index (χ0) is 19.2. The predicted octanol–water partition coefficient (Wildman–Crippen LogP) is 4.33. The highest BCUT2D eigenvalue weighted by atomic mass is 16.2. The normalized spacial score (nSPS) is 15.1. The van der Waals surface area contributed by atoms with E-state index < -0.39 is 0 Å². The number of benzene rings is 2. The third-order valence-electron chi connectivity index (χ3n) is 4.84. The summed E-state index contributed by atoms with van der Waals surface area (Å²) in [5.74, 6) is 0.472. The summed E-state index contributed by atoms with van der Waals surface area (Å²) in [5, 5.41) is 5.99. The van der Waals surface area contributed by atoms with Crippen LogP contribution in [-0.4, -0.2) is 23.4 Å². The van der Waals surface area contributed by atoms with Crippen molar-refractivity contribution in [2.24, 2.45) is 5.92 Å². The molecule has 142 valence electrons. The van der Waals surface area contributed by atoms with Gasteiger partial charge < -0.3 is 15.5 Å². The summed E-state index contributed by atoms with van der Waals surface area (Å²) in [4.78, 5) is 26.2. The molecule has 5 nitrogen and oxygen atoms in total. The minimum Gasteiger partial charge on any atom is -0.338 e. The number of amides is 3. The number of anilines is 1. The molecule has 0 aromatic heterocycles. The molecule has 1 aliphatic heterocycles. The molecule has 3 amide bonds. The summed E-state index contributed by atoms with van der Waals surface area (Å²) in [5.41, 5.74) is 2.84. The molecule has 2 aromatic carbocycles. The van der Waals surface area contributed by atoms with Gasteiger partial charge in [-0.15, -0.1) is 0 Å². The van der Waals surface area contributed by atoms with Crippen molar-refractivity contribution in [1.29, 1.82) is 0 Å². The fraction of sp³-hybridized carbons (Fsp3) is 0.364. The van der Waals surface area contributed by atoms with Crippen molar-refractivity contribution < 1.29 is 9.59 Å². The van der Waals surface area contributed by atoms with Gasteiger partial charge in [0.2, 0.25) is 5.91 Å². The zero-order valence-electron chi connectivity index (χ0n) is 15.9. The highest BCUT2D eigenvalue weighted by Gasteiger charge is 2.20. The van der Waals surface area contributed by atoms with Crippen molar-refractivity contribution in [2.45, 2.75) is 39.3 Å². The average Bonchev–Trinajstić information content (AvgIpc) is 3.05. The molecule has 1 aliphatic rings. The number of hydrogen-bond acceptors (Lipinski definition) is 2.